The summed E-state index contributed by atoms with van der Waals surface area (Å²) in [6.45, 7) is -0.856. The van der Waals surface area contributed by atoms with Crippen LogP contribution in [0.5, 0.6) is 0 Å². The summed E-state index contributed by atoms with van der Waals surface area (Å²) in [5, 5.41) is 164. The highest BCUT2D eigenvalue weighted by Gasteiger charge is 2.61. The molecule has 376 valence electrons. The highest BCUT2D eigenvalue weighted by molar-refractivity contribution is 5.76. The molecule has 65 heavy (non-hydrogen) atoms. The summed E-state index contributed by atoms with van der Waals surface area (Å²) in [4.78, 5) is 37.7. The van der Waals surface area contributed by atoms with Gasteiger partial charge < -0.3 is 130 Å². The molecule has 0 aromatic rings. The average molecular weight is 953 g/mol. The minimum absolute atomic E-state index is 0.757. The normalized spacial score (nSPS) is 47.7. The molecule has 0 spiro atoms. The number of carbonyl (C=O) groups excluding carboxylic acids is 2. The Morgan fingerprint density at radius 2 is 1.14 bits per heavy atom. The number of nitrogens with one attached hydrogen (secondary N) is 2. The lowest BCUT2D eigenvalue weighted by atomic mass is 9.89. The van der Waals surface area contributed by atoms with Gasteiger partial charge in [-0.1, -0.05) is 0 Å². The van der Waals surface area contributed by atoms with Crippen molar-refractivity contribution in [2.45, 2.75) is 180 Å². The minimum Gasteiger partial charge on any atom is -0.477 e. The first-order valence-electron chi connectivity index (χ1n) is 20.5. The summed E-state index contributed by atoms with van der Waals surface area (Å²) < 4.78 is 51.7. The molecule has 2 amide bonds. The molecule has 5 rings (SSSR count). The third-order valence-corrected chi connectivity index (χ3v) is 11.7. The van der Waals surface area contributed by atoms with Crippen molar-refractivity contribution in [1.82, 2.24) is 10.6 Å². The second-order valence-electron chi connectivity index (χ2n) is 16.3. The largest absolute Gasteiger partial charge is 0.477 e. The van der Waals surface area contributed by atoms with Gasteiger partial charge in [0.15, 0.2) is 25.2 Å². The number of aliphatic hydroxyl groups is 14. The van der Waals surface area contributed by atoms with Crippen molar-refractivity contribution in [3.63, 3.8) is 0 Å². The molecular weight excluding hydrogens is 892 g/mol. The molecule has 1 unspecified atom stereocenters. The Hall–Kier alpha value is -2.51. The average Bonchev–Trinajstić information content (AvgIpc) is 3.25. The molecule has 0 radical (unpaired) electrons. The molecule has 0 aromatic heterocycles. The summed E-state index contributed by atoms with van der Waals surface area (Å²) in [5.41, 5.74) is 0. The zero-order chi connectivity index (χ0) is 48.4. The van der Waals surface area contributed by atoms with E-state index in [1.165, 1.54) is 6.92 Å². The summed E-state index contributed by atoms with van der Waals surface area (Å²) >= 11 is 0. The van der Waals surface area contributed by atoms with E-state index in [0.29, 0.717) is 0 Å². The zero-order valence-electron chi connectivity index (χ0n) is 35.0. The van der Waals surface area contributed by atoms with Crippen molar-refractivity contribution in [3.8, 4) is 0 Å². The number of carboxylic acids is 1. The van der Waals surface area contributed by atoms with E-state index in [2.05, 4.69) is 10.6 Å². The number of aliphatic carboxylic acids is 1. The third-order valence-electron chi connectivity index (χ3n) is 11.7. The first-order valence-corrected chi connectivity index (χ1v) is 20.5. The van der Waals surface area contributed by atoms with Crippen LogP contribution in [0.25, 0.3) is 0 Å². The Labute approximate surface area is 368 Å². The standard InChI is InChI=1S/C36H60N2O27/c1-9-19(47)22(50)23(51)33(57-9)62-28-18(38-11(3)44)32(63-29-20(48)14(6-40)58-31(54)24(29)52)60-16(8-42)27(28)61-34-25(53)30(21(49)15(7-41)59-34)65-36(35(55)56)4-12(45)17(37-10(2)43)26(64-36)13(46)5-39/h9,12-34,39-42,45-54H,4-8H2,1-3H3,(H,37,43)(H,38,44)(H,55,56)/t9-,12-,13+,14+,15+,16+,17+,18+,19+,20-,21-,22+,23-,24+,25+,26-,27+,28+,29-,30-,31?,32-,33-,34-,36-/m0/s1. The van der Waals surface area contributed by atoms with Gasteiger partial charge in [0, 0.05) is 20.3 Å². The second-order valence-corrected chi connectivity index (χ2v) is 16.3. The van der Waals surface area contributed by atoms with Crippen molar-refractivity contribution in [1.29, 1.82) is 0 Å². The molecule has 0 aromatic carbocycles. The number of ether oxygens (including phenoxy) is 9. The van der Waals surface area contributed by atoms with E-state index in [1.54, 1.807) is 0 Å². The fourth-order valence-electron chi connectivity index (χ4n) is 8.29. The van der Waals surface area contributed by atoms with Crippen LogP contribution in [-0.4, -0.2) is 274 Å². The van der Waals surface area contributed by atoms with E-state index < -0.39 is 204 Å². The van der Waals surface area contributed by atoms with Gasteiger partial charge in [0.2, 0.25) is 11.8 Å². The fourth-order valence-corrected chi connectivity index (χ4v) is 8.29. The maximum Gasteiger partial charge on any atom is 0.364 e. The van der Waals surface area contributed by atoms with Crippen LogP contribution >= 0.6 is 0 Å². The number of hydrogen-bond acceptors (Lipinski definition) is 26. The van der Waals surface area contributed by atoms with Gasteiger partial charge in [-0.05, 0) is 6.92 Å². The maximum absolute atomic E-state index is 12.9. The van der Waals surface area contributed by atoms with Crippen molar-refractivity contribution < 1.29 is 134 Å². The van der Waals surface area contributed by atoms with Crippen LogP contribution in [-0.2, 0) is 57.0 Å². The van der Waals surface area contributed by atoms with Crippen molar-refractivity contribution in [2.24, 2.45) is 0 Å². The molecule has 29 nitrogen and oxygen atoms in total. The lowest BCUT2D eigenvalue weighted by Gasteiger charge is -2.52. The first-order chi connectivity index (χ1) is 30.5. The molecule has 0 saturated carbocycles. The lowest BCUT2D eigenvalue weighted by Crippen LogP contribution is -2.72. The summed E-state index contributed by atoms with van der Waals surface area (Å²) in [6.07, 6.45) is -43.6. The first kappa shape index (κ1) is 53.4. The van der Waals surface area contributed by atoms with Crippen LogP contribution < -0.4 is 10.6 Å². The molecule has 5 aliphatic heterocycles. The zero-order valence-corrected chi connectivity index (χ0v) is 35.0. The molecule has 5 saturated heterocycles. The van der Waals surface area contributed by atoms with Gasteiger partial charge in [0.25, 0.3) is 5.79 Å². The number of carbonyl (C=O) groups is 3. The SMILES string of the molecule is CC(=O)N[C@H]1[C@H](O[C@H]2[C@@H](O)[C@@H](CO)OC(O)[C@@H]2O)O[C@H](CO)[C@@H](O[C@@H]2O[C@H](CO)[C@H](O)[C@H](O[C@]3(C(=O)O)C[C@H](O)[C@@H](NC(C)=O)[C@H]([C@H](O)CO)O3)[C@H]2O)[C@@H]1O[C@@H]1O[C@@H](C)[C@@H](O)[C@@H](O)[C@@H]1O. The predicted molar refractivity (Wildman–Crippen MR) is 199 cm³/mol. The summed E-state index contributed by atoms with van der Waals surface area (Å²) in [7, 11) is 0. The van der Waals surface area contributed by atoms with Crippen LogP contribution in [0, 0.1) is 0 Å². The highest BCUT2D eigenvalue weighted by Crippen LogP contribution is 2.39. The van der Waals surface area contributed by atoms with Crippen LogP contribution in [0.2, 0.25) is 0 Å². The predicted octanol–water partition coefficient (Wildman–Crippen LogP) is -10.8. The molecule has 5 aliphatic rings. The van der Waals surface area contributed by atoms with Gasteiger partial charge in [0.1, 0.15) is 104 Å². The Bertz CT molecular complexity index is 1590. The van der Waals surface area contributed by atoms with E-state index in [4.69, 9.17) is 42.6 Å². The van der Waals surface area contributed by atoms with Crippen LogP contribution in [0.4, 0.5) is 0 Å². The lowest BCUT2D eigenvalue weighted by molar-refractivity contribution is -0.396. The van der Waals surface area contributed by atoms with E-state index in [9.17, 15) is 91.0 Å². The van der Waals surface area contributed by atoms with E-state index in [0.717, 1.165) is 13.8 Å². The Morgan fingerprint density at radius 3 is 1.71 bits per heavy atom. The van der Waals surface area contributed by atoms with Gasteiger partial charge >= 0.3 is 5.97 Å². The molecule has 0 bridgehead atoms. The second kappa shape index (κ2) is 22.3. The molecular formula is C36H60N2O27. The van der Waals surface area contributed by atoms with Gasteiger partial charge in [-0.15, -0.1) is 0 Å². The van der Waals surface area contributed by atoms with Crippen LogP contribution in [0.1, 0.15) is 27.2 Å². The number of carboxylic acid groups (broad SMARTS) is 1. The van der Waals surface area contributed by atoms with E-state index in [1.807, 2.05) is 0 Å². The maximum atomic E-state index is 12.9. The Balaban J connectivity index is 1.54. The monoisotopic (exact) mass is 952 g/mol. The van der Waals surface area contributed by atoms with Crippen LogP contribution in [0.15, 0.2) is 0 Å². The quantitative estimate of drug-likeness (QED) is 0.0683. The number of amides is 2. The number of aliphatic hydroxyl groups excluding tert-OH is 14. The molecule has 25 atom stereocenters. The van der Waals surface area contributed by atoms with Crippen molar-refractivity contribution >= 4 is 17.8 Å². The highest BCUT2D eigenvalue weighted by atomic mass is 16.8. The Kier molecular flexibility index (Phi) is 18.3. The molecule has 0 aliphatic carbocycles. The molecule has 29 heteroatoms. The van der Waals surface area contributed by atoms with Gasteiger partial charge in [-0.3, -0.25) is 9.59 Å². The number of hydrogen-bond donors (Lipinski definition) is 17. The van der Waals surface area contributed by atoms with Crippen molar-refractivity contribution in [3.05, 3.63) is 0 Å². The van der Waals surface area contributed by atoms with Gasteiger partial charge in [-0.2, -0.15) is 0 Å². The fraction of sp³-hybridized carbons (Fsp3) is 0.917. The number of rotatable bonds is 16. The molecule has 5 heterocycles. The molecule has 17 N–H and O–H groups in total. The van der Waals surface area contributed by atoms with Crippen molar-refractivity contribution in [2.75, 3.05) is 26.4 Å². The molecule has 5 fully saturated rings. The van der Waals surface area contributed by atoms with Gasteiger partial charge in [-0.25, -0.2) is 4.79 Å². The minimum atomic E-state index is -3.10. The Morgan fingerprint density at radius 1 is 0.615 bits per heavy atom. The third kappa shape index (κ3) is 11.3. The summed E-state index contributed by atoms with van der Waals surface area (Å²) in [6, 6.07) is -3.33. The smallest absolute Gasteiger partial charge is 0.364 e. The topological polar surface area (TPSA) is 462 Å². The summed E-state index contributed by atoms with van der Waals surface area (Å²) in [5.74, 6) is -6.74. The van der Waals surface area contributed by atoms with Crippen LogP contribution in [0.3, 0.4) is 0 Å². The van der Waals surface area contributed by atoms with E-state index in [-0.39, 0.29) is 0 Å². The van der Waals surface area contributed by atoms with E-state index >= 15 is 0 Å². The van der Waals surface area contributed by atoms with Gasteiger partial charge in [0.05, 0.1) is 44.7 Å².